The number of hydrogen-bond acceptors (Lipinski definition) is 7. The van der Waals surface area contributed by atoms with Crippen LogP contribution >= 0.6 is 11.8 Å². The van der Waals surface area contributed by atoms with Gasteiger partial charge in [-0.05, 0) is 31.2 Å². The number of anilines is 1. The zero-order chi connectivity index (χ0) is 21.6. The molecule has 0 aliphatic carbocycles. The van der Waals surface area contributed by atoms with Crippen LogP contribution in [0.3, 0.4) is 0 Å². The van der Waals surface area contributed by atoms with Gasteiger partial charge < -0.3 is 10.1 Å². The Kier molecular flexibility index (Phi) is 6.77. The number of nitriles is 1. The second-order valence-electron chi connectivity index (χ2n) is 7.29. The van der Waals surface area contributed by atoms with Gasteiger partial charge in [0.15, 0.2) is 0 Å². The fourth-order valence-corrected chi connectivity index (χ4v) is 4.30. The van der Waals surface area contributed by atoms with E-state index in [0.717, 1.165) is 48.1 Å². The Bertz CT molecular complexity index is 1120. The van der Waals surface area contributed by atoms with Gasteiger partial charge in [0, 0.05) is 24.2 Å². The molecule has 2 aromatic carbocycles. The molecule has 8 heteroatoms. The van der Waals surface area contributed by atoms with E-state index < -0.39 is 0 Å². The lowest BCUT2D eigenvalue weighted by molar-refractivity contribution is -0.115. The van der Waals surface area contributed by atoms with E-state index in [4.69, 9.17) is 20.0 Å². The molecule has 1 fully saturated rings. The van der Waals surface area contributed by atoms with Crippen LogP contribution in [0.4, 0.5) is 5.69 Å². The molecule has 158 valence electrons. The van der Waals surface area contributed by atoms with Crippen LogP contribution in [0.15, 0.2) is 53.6 Å². The summed E-state index contributed by atoms with van der Waals surface area (Å²) in [5, 5.41) is 13.3. The summed E-state index contributed by atoms with van der Waals surface area (Å²) in [5.74, 6) is 0.606. The third-order valence-corrected chi connectivity index (χ3v) is 6.10. The standard InChI is InChI=1S/C23H23N5O2S/c1-16(22(29)25-18-6-4-5-17(13-18)14-24)31-23-19-7-2-3-8-20(19)26-21(27-23)15-28-9-11-30-12-10-28/h2-8,13,16H,9-12,15H2,1H3,(H,25,29). The van der Waals surface area contributed by atoms with E-state index in [1.165, 1.54) is 11.8 Å². The Balaban J connectivity index is 1.53. The van der Waals surface area contributed by atoms with Crippen molar-refractivity contribution >= 4 is 34.3 Å². The third-order valence-electron chi connectivity index (χ3n) is 5.00. The molecule has 1 unspecified atom stereocenters. The Hall–Kier alpha value is -2.99. The van der Waals surface area contributed by atoms with Crippen molar-refractivity contribution in [2.75, 3.05) is 31.6 Å². The van der Waals surface area contributed by atoms with Crippen LogP contribution in [-0.2, 0) is 16.1 Å². The number of fused-ring (bicyclic) bond motifs is 1. The molecule has 1 aliphatic rings. The van der Waals surface area contributed by atoms with E-state index in [2.05, 4.69) is 16.3 Å². The maximum atomic E-state index is 12.8. The van der Waals surface area contributed by atoms with Crippen molar-refractivity contribution in [1.82, 2.24) is 14.9 Å². The molecule has 0 spiro atoms. The molecule has 0 saturated carbocycles. The van der Waals surface area contributed by atoms with Crippen LogP contribution in [0.1, 0.15) is 18.3 Å². The first kappa shape index (κ1) is 21.2. The first-order valence-electron chi connectivity index (χ1n) is 10.2. The normalized spacial score (nSPS) is 15.4. The number of morpholine rings is 1. The summed E-state index contributed by atoms with van der Waals surface area (Å²) >= 11 is 1.42. The van der Waals surface area contributed by atoms with E-state index >= 15 is 0 Å². The minimum Gasteiger partial charge on any atom is -0.379 e. The molecule has 7 nitrogen and oxygen atoms in total. The van der Waals surface area contributed by atoms with E-state index in [-0.39, 0.29) is 11.2 Å². The smallest absolute Gasteiger partial charge is 0.237 e. The number of nitrogens with zero attached hydrogens (tertiary/aromatic N) is 4. The number of carbonyl (C=O) groups excluding carboxylic acids is 1. The van der Waals surface area contributed by atoms with Crippen LogP contribution in [0.2, 0.25) is 0 Å². The Morgan fingerprint density at radius 2 is 2.03 bits per heavy atom. The number of rotatable bonds is 6. The van der Waals surface area contributed by atoms with Gasteiger partial charge in [0.25, 0.3) is 0 Å². The zero-order valence-electron chi connectivity index (χ0n) is 17.2. The number of hydrogen-bond donors (Lipinski definition) is 1. The zero-order valence-corrected chi connectivity index (χ0v) is 18.1. The fraction of sp³-hybridized carbons (Fsp3) is 0.304. The molecule has 1 N–H and O–H groups in total. The summed E-state index contributed by atoms with van der Waals surface area (Å²) in [6.45, 7) is 5.67. The van der Waals surface area contributed by atoms with Crippen molar-refractivity contribution in [2.24, 2.45) is 0 Å². The number of amides is 1. The topological polar surface area (TPSA) is 91.1 Å². The van der Waals surface area contributed by atoms with Crippen LogP contribution < -0.4 is 5.32 Å². The lowest BCUT2D eigenvalue weighted by Gasteiger charge is -2.26. The maximum absolute atomic E-state index is 12.8. The lowest BCUT2D eigenvalue weighted by Crippen LogP contribution is -2.36. The van der Waals surface area contributed by atoms with Gasteiger partial charge in [-0.15, -0.1) is 0 Å². The Labute approximate surface area is 185 Å². The van der Waals surface area contributed by atoms with Gasteiger partial charge in [-0.25, -0.2) is 9.97 Å². The van der Waals surface area contributed by atoms with Crippen molar-refractivity contribution in [3.63, 3.8) is 0 Å². The molecular weight excluding hydrogens is 410 g/mol. The molecular formula is C23H23N5O2S. The molecule has 1 amide bonds. The predicted octanol–water partition coefficient (Wildman–Crippen LogP) is 3.45. The molecule has 1 atom stereocenters. The van der Waals surface area contributed by atoms with Crippen LogP contribution in [0, 0.1) is 11.3 Å². The number of nitrogens with one attached hydrogen (secondary N) is 1. The molecule has 1 aliphatic heterocycles. The molecule has 0 bridgehead atoms. The number of thioether (sulfide) groups is 1. The van der Waals surface area contributed by atoms with Gasteiger partial charge in [0.2, 0.25) is 5.91 Å². The summed E-state index contributed by atoms with van der Waals surface area (Å²) in [6, 6.07) is 16.8. The van der Waals surface area contributed by atoms with Gasteiger partial charge >= 0.3 is 0 Å². The highest BCUT2D eigenvalue weighted by atomic mass is 32.2. The molecule has 1 saturated heterocycles. The highest BCUT2D eigenvalue weighted by molar-refractivity contribution is 8.00. The van der Waals surface area contributed by atoms with Crippen molar-refractivity contribution in [3.05, 3.63) is 59.9 Å². The highest BCUT2D eigenvalue weighted by Gasteiger charge is 2.19. The lowest BCUT2D eigenvalue weighted by atomic mass is 10.2. The van der Waals surface area contributed by atoms with Gasteiger partial charge in [-0.1, -0.05) is 36.0 Å². The highest BCUT2D eigenvalue weighted by Crippen LogP contribution is 2.29. The van der Waals surface area contributed by atoms with E-state index in [9.17, 15) is 4.79 Å². The quantitative estimate of drug-likeness (QED) is 0.470. The average Bonchev–Trinajstić information content (AvgIpc) is 2.80. The van der Waals surface area contributed by atoms with Crippen molar-refractivity contribution in [2.45, 2.75) is 23.7 Å². The monoisotopic (exact) mass is 433 g/mol. The van der Waals surface area contributed by atoms with Crippen molar-refractivity contribution in [1.29, 1.82) is 5.26 Å². The molecule has 3 aromatic rings. The Morgan fingerprint density at radius 1 is 1.23 bits per heavy atom. The van der Waals surface area contributed by atoms with E-state index in [0.29, 0.717) is 17.8 Å². The van der Waals surface area contributed by atoms with Gasteiger partial charge in [0.1, 0.15) is 10.9 Å². The Morgan fingerprint density at radius 3 is 2.84 bits per heavy atom. The second-order valence-corrected chi connectivity index (χ2v) is 8.62. The molecule has 0 radical (unpaired) electrons. The minimum absolute atomic E-state index is 0.141. The predicted molar refractivity (Wildman–Crippen MR) is 121 cm³/mol. The van der Waals surface area contributed by atoms with Crippen LogP contribution in [-0.4, -0.2) is 52.3 Å². The summed E-state index contributed by atoms with van der Waals surface area (Å²) in [7, 11) is 0. The summed E-state index contributed by atoms with van der Waals surface area (Å²) in [5.41, 5.74) is 1.99. The number of aromatic nitrogens is 2. The summed E-state index contributed by atoms with van der Waals surface area (Å²) in [6.07, 6.45) is 0. The van der Waals surface area contributed by atoms with Crippen molar-refractivity contribution in [3.8, 4) is 6.07 Å². The van der Waals surface area contributed by atoms with E-state index in [1.54, 1.807) is 24.3 Å². The number of ether oxygens (including phenoxy) is 1. The van der Waals surface area contributed by atoms with Gasteiger partial charge in [-0.3, -0.25) is 9.69 Å². The van der Waals surface area contributed by atoms with Gasteiger partial charge in [-0.2, -0.15) is 5.26 Å². The molecule has 31 heavy (non-hydrogen) atoms. The first-order chi connectivity index (χ1) is 15.1. The number of para-hydroxylation sites is 1. The minimum atomic E-state index is -0.375. The fourth-order valence-electron chi connectivity index (χ4n) is 3.34. The second kappa shape index (κ2) is 9.88. The van der Waals surface area contributed by atoms with Crippen LogP contribution in [0.5, 0.6) is 0 Å². The van der Waals surface area contributed by atoms with E-state index in [1.807, 2.05) is 31.2 Å². The largest absolute Gasteiger partial charge is 0.379 e. The van der Waals surface area contributed by atoms with Crippen LogP contribution in [0.25, 0.3) is 10.9 Å². The third kappa shape index (κ3) is 5.39. The molecule has 2 heterocycles. The molecule has 4 rings (SSSR count). The SMILES string of the molecule is CC(Sc1nc(CN2CCOCC2)nc2ccccc12)C(=O)Nc1cccc(C#N)c1. The maximum Gasteiger partial charge on any atom is 0.237 e. The average molecular weight is 434 g/mol. The summed E-state index contributed by atoms with van der Waals surface area (Å²) in [4.78, 5) is 24.6. The molecule has 1 aromatic heterocycles. The number of benzene rings is 2. The number of carbonyl (C=O) groups is 1. The van der Waals surface area contributed by atoms with Crippen molar-refractivity contribution < 1.29 is 9.53 Å². The van der Waals surface area contributed by atoms with Gasteiger partial charge in [0.05, 0.1) is 42.2 Å². The summed E-state index contributed by atoms with van der Waals surface area (Å²) < 4.78 is 5.42. The first-order valence-corrected chi connectivity index (χ1v) is 11.0.